The molecule has 2 nitrogen and oxygen atoms in total. The van der Waals surface area contributed by atoms with Gasteiger partial charge in [0.15, 0.2) is 0 Å². The summed E-state index contributed by atoms with van der Waals surface area (Å²) in [6.45, 7) is 4.76. The van der Waals surface area contributed by atoms with Crippen LogP contribution in [-0.4, -0.2) is 29.7 Å². The van der Waals surface area contributed by atoms with Gasteiger partial charge >= 0.3 is 0 Å². The molecule has 0 unspecified atom stereocenters. The number of allylic oxidation sites excluding steroid dienone is 2. The van der Waals surface area contributed by atoms with Gasteiger partial charge in [-0.2, -0.15) is 0 Å². The highest BCUT2D eigenvalue weighted by Crippen LogP contribution is 2.13. The van der Waals surface area contributed by atoms with E-state index in [1.54, 1.807) is 0 Å². The SMILES string of the molecule is CCCCCN1C=CC=C(CCCO)C1. The Hall–Kier alpha value is -0.760. The molecule has 0 radical (unpaired) electrons. The number of rotatable bonds is 7. The summed E-state index contributed by atoms with van der Waals surface area (Å²) in [7, 11) is 0. The fraction of sp³-hybridized carbons (Fsp3) is 0.692. The van der Waals surface area contributed by atoms with Crippen molar-refractivity contribution < 1.29 is 5.11 Å². The average molecular weight is 209 g/mol. The maximum absolute atomic E-state index is 8.78. The third-order valence-electron chi connectivity index (χ3n) is 2.74. The minimum Gasteiger partial charge on any atom is -0.396 e. The van der Waals surface area contributed by atoms with Crippen LogP contribution in [0.3, 0.4) is 0 Å². The van der Waals surface area contributed by atoms with E-state index >= 15 is 0 Å². The van der Waals surface area contributed by atoms with E-state index in [0.29, 0.717) is 6.61 Å². The predicted molar refractivity (Wildman–Crippen MR) is 64.6 cm³/mol. The van der Waals surface area contributed by atoms with E-state index in [9.17, 15) is 0 Å². The summed E-state index contributed by atoms with van der Waals surface area (Å²) in [6, 6.07) is 0. The van der Waals surface area contributed by atoms with Crippen LogP contribution >= 0.6 is 0 Å². The van der Waals surface area contributed by atoms with Crippen LogP contribution in [0.15, 0.2) is 23.9 Å². The first-order valence-corrected chi connectivity index (χ1v) is 6.08. The van der Waals surface area contributed by atoms with Crippen molar-refractivity contribution in [2.45, 2.75) is 39.0 Å². The quantitative estimate of drug-likeness (QED) is 0.652. The van der Waals surface area contributed by atoms with E-state index in [1.807, 2.05) is 0 Å². The Kier molecular flexibility index (Phi) is 6.17. The first kappa shape index (κ1) is 12.3. The van der Waals surface area contributed by atoms with E-state index in [1.165, 1.54) is 31.4 Å². The maximum atomic E-state index is 8.78. The van der Waals surface area contributed by atoms with E-state index in [0.717, 1.165) is 19.4 Å². The van der Waals surface area contributed by atoms with Gasteiger partial charge < -0.3 is 10.0 Å². The van der Waals surface area contributed by atoms with Crippen LogP contribution in [0.25, 0.3) is 0 Å². The van der Waals surface area contributed by atoms with Gasteiger partial charge in [0.25, 0.3) is 0 Å². The second kappa shape index (κ2) is 7.52. The zero-order valence-electron chi connectivity index (χ0n) is 9.78. The predicted octanol–water partition coefficient (Wildman–Crippen LogP) is 2.70. The minimum atomic E-state index is 0.302. The summed E-state index contributed by atoms with van der Waals surface area (Å²) in [6.07, 6.45) is 12.3. The number of nitrogens with zero attached hydrogens (tertiary/aromatic N) is 1. The Morgan fingerprint density at radius 3 is 2.93 bits per heavy atom. The number of unbranched alkanes of at least 4 members (excludes halogenated alkanes) is 2. The zero-order chi connectivity index (χ0) is 10.9. The number of hydrogen-bond donors (Lipinski definition) is 1. The molecule has 15 heavy (non-hydrogen) atoms. The third kappa shape index (κ3) is 5.03. The summed E-state index contributed by atoms with van der Waals surface area (Å²) in [5.41, 5.74) is 1.45. The van der Waals surface area contributed by atoms with Gasteiger partial charge in [0.05, 0.1) is 0 Å². The fourth-order valence-electron chi connectivity index (χ4n) is 1.85. The maximum Gasteiger partial charge on any atom is 0.0434 e. The van der Waals surface area contributed by atoms with Gasteiger partial charge in [-0.15, -0.1) is 0 Å². The third-order valence-corrected chi connectivity index (χ3v) is 2.74. The molecule has 1 N–H and O–H groups in total. The second-order valence-corrected chi connectivity index (χ2v) is 4.17. The number of aliphatic hydroxyl groups excluding tert-OH is 1. The summed E-state index contributed by atoms with van der Waals surface area (Å²) in [5.74, 6) is 0. The van der Waals surface area contributed by atoms with Crippen molar-refractivity contribution in [2.75, 3.05) is 19.7 Å². The van der Waals surface area contributed by atoms with E-state index in [4.69, 9.17) is 5.11 Å². The smallest absolute Gasteiger partial charge is 0.0434 e. The lowest BCUT2D eigenvalue weighted by Crippen LogP contribution is -2.23. The van der Waals surface area contributed by atoms with Gasteiger partial charge in [0.2, 0.25) is 0 Å². The van der Waals surface area contributed by atoms with Gasteiger partial charge in [0, 0.05) is 19.7 Å². The lowest BCUT2D eigenvalue weighted by Gasteiger charge is -2.24. The summed E-state index contributed by atoms with van der Waals surface area (Å²) < 4.78 is 0. The highest BCUT2D eigenvalue weighted by molar-refractivity contribution is 5.18. The lowest BCUT2D eigenvalue weighted by molar-refractivity contribution is 0.286. The van der Waals surface area contributed by atoms with E-state index in [-0.39, 0.29) is 0 Å². The molecule has 0 spiro atoms. The molecule has 0 aromatic heterocycles. The molecule has 0 aromatic rings. The van der Waals surface area contributed by atoms with Gasteiger partial charge in [-0.05, 0) is 31.5 Å². The summed E-state index contributed by atoms with van der Waals surface area (Å²) in [5, 5.41) is 8.78. The molecule has 0 aromatic carbocycles. The van der Waals surface area contributed by atoms with Crippen molar-refractivity contribution in [1.82, 2.24) is 4.90 Å². The largest absolute Gasteiger partial charge is 0.396 e. The van der Waals surface area contributed by atoms with Crippen LogP contribution in [0.4, 0.5) is 0 Å². The summed E-state index contributed by atoms with van der Waals surface area (Å²) in [4.78, 5) is 2.38. The highest BCUT2D eigenvalue weighted by atomic mass is 16.2. The molecule has 86 valence electrons. The van der Waals surface area contributed by atoms with Crippen LogP contribution in [-0.2, 0) is 0 Å². The molecular formula is C13H23NO. The fourth-order valence-corrected chi connectivity index (χ4v) is 1.85. The average Bonchev–Trinajstić information content (AvgIpc) is 2.27. The summed E-state index contributed by atoms with van der Waals surface area (Å²) >= 11 is 0. The van der Waals surface area contributed by atoms with Crippen molar-refractivity contribution in [3.05, 3.63) is 23.9 Å². The van der Waals surface area contributed by atoms with Crippen LogP contribution in [0.5, 0.6) is 0 Å². The second-order valence-electron chi connectivity index (χ2n) is 4.17. The van der Waals surface area contributed by atoms with Crippen molar-refractivity contribution in [2.24, 2.45) is 0 Å². The van der Waals surface area contributed by atoms with E-state index < -0.39 is 0 Å². The lowest BCUT2D eigenvalue weighted by atomic mass is 10.1. The molecule has 1 heterocycles. The first-order chi connectivity index (χ1) is 7.36. The van der Waals surface area contributed by atoms with Crippen LogP contribution in [0.2, 0.25) is 0 Å². The normalized spacial score (nSPS) is 15.6. The molecule has 0 aliphatic carbocycles. The van der Waals surface area contributed by atoms with Crippen molar-refractivity contribution in [3.8, 4) is 0 Å². The van der Waals surface area contributed by atoms with Gasteiger partial charge in [-0.3, -0.25) is 0 Å². The topological polar surface area (TPSA) is 23.5 Å². The molecule has 1 aliphatic heterocycles. The molecule has 0 saturated carbocycles. The molecule has 0 bridgehead atoms. The van der Waals surface area contributed by atoms with Crippen LogP contribution in [0, 0.1) is 0 Å². The monoisotopic (exact) mass is 209 g/mol. The molecule has 1 rings (SSSR count). The van der Waals surface area contributed by atoms with Crippen molar-refractivity contribution >= 4 is 0 Å². The van der Waals surface area contributed by atoms with Gasteiger partial charge in [0.1, 0.15) is 0 Å². The van der Waals surface area contributed by atoms with E-state index in [2.05, 4.69) is 30.2 Å². The Bertz CT molecular complexity index is 221. The Morgan fingerprint density at radius 2 is 2.20 bits per heavy atom. The van der Waals surface area contributed by atoms with Gasteiger partial charge in [-0.25, -0.2) is 0 Å². The Balaban J connectivity index is 2.22. The zero-order valence-corrected chi connectivity index (χ0v) is 9.78. The highest BCUT2D eigenvalue weighted by Gasteiger charge is 2.06. The Morgan fingerprint density at radius 1 is 1.33 bits per heavy atom. The Labute approximate surface area is 93.3 Å². The molecule has 1 aliphatic rings. The minimum absolute atomic E-state index is 0.302. The first-order valence-electron chi connectivity index (χ1n) is 6.08. The molecular weight excluding hydrogens is 186 g/mol. The van der Waals surface area contributed by atoms with Crippen LogP contribution < -0.4 is 0 Å². The number of aliphatic hydroxyl groups is 1. The molecule has 2 heteroatoms. The molecule has 0 atom stereocenters. The molecule has 0 fully saturated rings. The van der Waals surface area contributed by atoms with Crippen LogP contribution in [0.1, 0.15) is 39.0 Å². The molecule has 0 saturated heterocycles. The standard InChI is InChI=1S/C13H23NO/c1-2-3-4-9-14-10-5-7-13(12-14)8-6-11-15/h5,7,10,15H,2-4,6,8-9,11-12H2,1H3. The molecule has 0 amide bonds. The van der Waals surface area contributed by atoms with Crippen molar-refractivity contribution in [3.63, 3.8) is 0 Å². The van der Waals surface area contributed by atoms with Gasteiger partial charge in [-0.1, -0.05) is 31.4 Å². The number of hydrogen-bond acceptors (Lipinski definition) is 2. The van der Waals surface area contributed by atoms with Crippen molar-refractivity contribution in [1.29, 1.82) is 0 Å².